The van der Waals surface area contributed by atoms with E-state index in [2.05, 4.69) is 42.5 Å². The molecule has 2 N–H and O–H groups in total. The molecule has 0 saturated carbocycles. The van der Waals surface area contributed by atoms with Crippen molar-refractivity contribution < 1.29 is 9.59 Å². The number of nitrogens with one attached hydrogen (secondary N) is 2. The summed E-state index contributed by atoms with van der Waals surface area (Å²) in [7, 11) is 0. The predicted molar refractivity (Wildman–Crippen MR) is 94.8 cm³/mol. The third-order valence-electron chi connectivity index (χ3n) is 2.88. The number of carbonyl (C=O) groups excluding carboxylic acids is 2. The average molecular weight is 426 g/mol. The minimum absolute atomic E-state index is 0.123. The van der Waals surface area contributed by atoms with Gasteiger partial charge in [-0.2, -0.15) is 0 Å². The summed E-state index contributed by atoms with van der Waals surface area (Å²) in [5.74, 6) is -0.400. The van der Waals surface area contributed by atoms with Gasteiger partial charge in [-0.25, -0.2) is 0 Å². The molecule has 2 aromatic carbocycles. The van der Waals surface area contributed by atoms with Gasteiger partial charge in [0.05, 0.1) is 11.4 Å². The van der Waals surface area contributed by atoms with E-state index in [4.69, 9.17) is 0 Å². The maximum Gasteiger partial charge on any atom is 0.224 e. The Balaban J connectivity index is 1.82. The molecule has 114 valence electrons. The zero-order valence-corrected chi connectivity index (χ0v) is 14.8. The molecule has 0 aliphatic heterocycles. The van der Waals surface area contributed by atoms with Crippen LogP contribution in [0.4, 0.5) is 11.4 Å². The van der Waals surface area contributed by atoms with E-state index in [0.29, 0.717) is 11.4 Å². The minimum Gasteiger partial charge on any atom is -0.325 e. The molecule has 0 bridgehead atoms. The third-order valence-corrected chi connectivity index (χ3v) is 4.26. The number of hydrogen-bond donors (Lipinski definition) is 2. The van der Waals surface area contributed by atoms with Crippen LogP contribution in [0.2, 0.25) is 0 Å². The van der Waals surface area contributed by atoms with Crippen molar-refractivity contribution in [3.8, 4) is 0 Å². The molecule has 0 atom stereocenters. The van der Waals surface area contributed by atoms with Gasteiger partial charge >= 0.3 is 0 Å². The SMILES string of the molecule is O=C(CCC(=O)Nc1ccccc1Br)Nc1ccccc1Br. The molecule has 0 aliphatic carbocycles. The van der Waals surface area contributed by atoms with Crippen LogP contribution in [0.1, 0.15) is 12.8 Å². The van der Waals surface area contributed by atoms with Gasteiger partial charge in [-0.15, -0.1) is 0 Å². The molecule has 2 aromatic rings. The standard InChI is InChI=1S/C16H14Br2N2O2/c17-11-5-1-3-7-13(11)19-15(21)9-10-16(22)20-14-8-4-2-6-12(14)18/h1-8H,9-10H2,(H,19,21)(H,20,22). The molecule has 2 rings (SSSR count). The molecule has 4 nitrogen and oxygen atoms in total. The van der Waals surface area contributed by atoms with Gasteiger partial charge < -0.3 is 10.6 Å². The Kier molecular flexibility index (Phi) is 6.15. The van der Waals surface area contributed by atoms with Crippen LogP contribution in [0.3, 0.4) is 0 Å². The number of halogens is 2. The van der Waals surface area contributed by atoms with Crippen molar-refractivity contribution in [2.24, 2.45) is 0 Å². The Morgan fingerprint density at radius 2 is 1.09 bits per heavy atom. The molecule has 0 heterocycles. The number of benzene rings is 2. The highest BCUT2D eigenvalue weighted by atomic mass is 79.9. The largest absolute Gasteiger partial charge is 0.325 e. The molecule has 0 aliphatic rings. The first-order valence-electron chi connectivity index (χ1n) is 6.65. The first kappa shape index (κ1) is 16.7. The summed E-state index contributed by atoms with van der Waals surface area (Å²) in [6, 6.07) is 14.7. The summed E-state index contributed by atoms with van der Waals surface area (Å²) in [5.41, 5.74) is 1.39. The summed E-state index contributed by atoms with van der Waals surface area (Å²) in [6.07, 6.45) is 0.245. The first-order chi connectivity index (χ1) is 10.6. The molecular weight excluding hydrogens is 412 g/mol. The average Bonchev–Trinajstić information content (AvgIpc) is 2.50. The smallest absolute Gasteiger partial charge is 0.224 e. The topological polar surface area (TPSA) is 58.2 Å². The summed E-state index contributed by atoms with van der Waals surface area (Å²) in [4.78, 5) is 23.7. The van der Waals surface area contributed by atoms with Crippen LogP contribution >= 0.6 is 31.9 Å². The second-order valence-corrected chi connectivity index (χ2v) is 6.26. The van der Waals surface area contributed by atoms with E-state index < -0.39 is 0 Å². The van der Waals surface area contributed by atoms with Crippen molar-refractivity contribution in [1.29, 1.82) is 0 Å². The van der Waals surface area contributed by atoms with Crippen LogP contribution in [0.25, 0.3) is 0 Å². The second kappa shape index (κ2) is 8.10. The second-order valence-electron chi connectivity index (χ2n) is 4.56. The fourth-order valence-corrected chi connectivity index (χ4v) is 2.55. The van der Waals surface area contributed by atoms with Gasteiger partial charge in [0, 0.05) is 21.8 Å². The molecule has 0 saturated heterocycles. The molecule has 0 aromatic heterocycles. The van der Waals surface area contributed by atoms with E-state index in [9.17, 15) is 9.59 Å². The quantitative estimate of drug-likeness (QED) is 0.737. The predicted octanol–water partition coefficient (Wildman–Crippen LogP) is 4.57. The van der Waals surface area contributed by atoms with Crippen LogP contribution in [-0.2, 0) is 9.59 Å². The number of amides is 2. The number of para-hydroxylation sites is 2. The lowest BCUT2D eigenvalue weighted by molar-refractivity contribution is -0.121. The fraction of sp³-hybridized carbons (Fsp3) is 0.125. The maximum absolute atomic E-state index is 11.9. The van der Waals surface area contributed by atoms with Gasteiger partial charge in [0.1, 0.15) is 0 Å². The highest BCUT2D eigenvalue weighted by Gasteiger charge is 2.10. The number of carbonyl (C=O) groups is 2. The van der Waals surface area contributed by atoms with Gasteiger partial charge in [0.25, 0.3) is 0 Å². The maximum atomic E-state index is 11.9. The Morgan fingerprint density at radius 3 is 1.45 bits per heavy atom. The Morgan fingerprint density at radius 1 is 0.727 bits per heavy atom. The van der Waals surface area contributed by atoms with E-state index in [0.717, 1.165) is 8.95 Å². The van der Waals surface area contributed by atoms with Crippen LogP contribution < -0.4 is 10.6 Å². The van der Waals surface area contributed by atoms with Gasteiger partial charge in [-0.3, -0.25) is 9.59 Å². The van der Waals surface area contributed by atoms with Crippen LogP contribution in [0.5, 0.6) is 0 Å². The molecule has 0 fully saturated rings. The van der Waals surface area contributed by atoms with E-state index in [-0.39, 0.29) is 24.7 Å². The van der Waals surface area contributed by atoms with Gasteiger partial charge in [-0.1, -0.05) is 24.3 Å². The summed E-state index contributed by atoms with van der Waals surface area (Å²) in [6.45, 7) is 0. The fourth-order valence-electron chi connectivity index (χ4n) is 1.78. The summed E-state index contributed by atoms with van der Waals surface area (Å²) in [5, 5.41) is 5.53. The van der Waals surface area contributed by atoms with Crippen molar-refractivity contribution in [2.45, 2.75) is 12.8 Å². The lowest BCUT2D eigenvalue weighted by Crippen LogP contribution is -2.17. The van der Waals surface area contributed by atoms with E-state index in [1.165, 1.54) is 0 Å². The van der Waals surface area contributed by atoms with Gasteiger partial charge in [0.2, 0.25) is 11.8 Å². The molecule has 6 heteroatoms. The van der Waals surface area contributed by atoms with Crippen molar-refractivity contribution in [2.75, 3.05) is 10.6 Å². The van der Waals surface area contributed by atoms with Crippen molar-refractivity contribution in [3.63, 3.8) is 0 Å². The number of hydrogen-bond acceptors (Lipinski definition) is 2. The first-order valence-corrected chi connectivity index (χ1v) is 8.23. The lowest BCUT2D eigenvalue weighted by Gasteiger charge is -2.08. The highest BCUT2D eigenvalue weighted by molar-refractivity contribution is 9.11. The Hall–Kier alpha value is -1.66. The zero-order valence-electron chi connectivity index (χ0n) is 11.6. The van der Waals surface area contributed by atoms with Crippen LogP contribution in [0.15, 0.2) is 57.5 Å². The lowest BCUT2D eigenvalue weighted by atomic mass is 10.2. The monoisotopic (exact) mass is 424 g/mol. The third kappa shape index (κ3) is 4.96. The van der Waals surface area contributed by atoms with Crippen LogP contribution in [-0.4, -0.2) is 11.8 Å². The van der Waals surface area contributed by atoms with Crippen molar-refractivity contribution in [3.05, 3.63) is 57.5 Å². The van der Waals surface area contributed by atoms with Crippen LogP contribution in [0, 0.1) is 0 Å². The normalized spacial score (nSPS) is 10.1. The molecule has 0 unspecified atom stereocenters. The molecule has 0 spiro atoms. The van der Waals surface area contributed by atoms with Crippen molar-refractivity contribution >= 4 is 55.0 Å². The molecular formula is C16H14Br2N2O2. The van der Waals surface area contributed by atoms with E-state index in [1.54, 1.807) is 12.1 Å². The molecule has 2 amide bonds. The molecule has 0 radical (unpaired) electrons. The van der Waals surface area contributed by atoms with E-state index >= 15 is 0 Å². The molecule has 22 heavy (non-hydrogen) atoms. The Labute approximate surface area is 145 Å². The zero-order chi connectivity index (χ0) is 15.9. The number of rotatable bonds is 5. The van der Waals surface area contributed by atoms with Gasteiger partial charge in [0.15, 0.2) is 0 Å². The van der Waals surface area contributed by atoms with E-state index in [1.807, 2.05) is 36.4 Å². The minimum atomic E-state index is -0.200. The Bertz CT molecular complexity index is 630. The summed E-state index contributed by atoms with van der Waals surface area (Å²) < 4.78 is 1.61. The van der Waals surface area contributed by atoms with Gasteiger partial charge in [-0.05, 0) is 56.1 Å². The number of anilines is 2. The highest BCUT2D eigenvalue weighted by Crippen LogP contribution is 2.22. The van der Waals surface area contributed by atoms with Crippen molar-refractivity contribution in [1.82, 2.24) is 0 Å². The summed E-state index contributed by atoms with van der Waals surface area (Å²) >= 11 is 6.72.